The lowest BCUT2D eigenvalue weighted by Gasteiger charge is -2.05. The number of fused-ring (bicyclic) bond motifs is 1. The van der Waals surface area contributed by atoms with Gasteiger partial charge in [0.25, 0.3) is 0 Å². The molecule has 1 atom stereocenters. The molecule has 0 fully saturated rings. The van der Waals surface area contributed by atoms with Crippen molar-refractivity contribution in [2.75, 3.05) is 13.8 Å². The summed E-state index contributed by atoms with van der Waals surface area (Å²) in [7, 11) is 1.97. The number of rotatable bonds is 4. The van der Waals surface area contributed by atoms with Gasteiger partial charge in [0.1, 0.15) is 0 Å². The van der Waals surface area contributed by atoms with E-state index in [0.717, 1.165) is 23.5 Å². The zero-order valence-corrected chi connectivity index (χ0v) is 9.69. The SMILES string of the molecule is CNC(C)C/C=C/c1ccc2c(c1)OCO2. The molecule has 2 rings (SSSR count). The van der Waals surface area contributed by atoms with Crippen molar-refractivity contribution in [3.8, 4) is 11.5 Å². The normalized spacial score (nSPS) is 15.6. The fraction of sp³-hybridized carbons (Fsp3) is 0.385. The minimum atomic E-state index is 0.333. The van der Waals surface area contributed by atoms with Gasteiger partial charge in [-0.15, -0.1) is 0 Å². The molecule has 0 amide bonds. The monoisotopic (exact) mass is 219 g/mol. The second-order valence-corrected chi connectivity index (χ2v) is 3.94. The summed E-state index contributed by atoms with van der Waals surface area (Å²) in [5.74, 6) is 1.67. The van der Waals surface area contributed by atoms with Gasteiger partial charge in [0.15, 0.2) is 11.5 Å². The summed E-state index contributed by atoms with van der Waals surface area (Å²) in [4.78, 5) is 0. The summed E-state index contributed by atoms with van der Waals surface area (Å²) < 4.78 is 10.6. The molecular weight excluding hydrogens is 202 g/mol. The standard InChI is InChI=1S/C13H17NO2/c1-10(14-2)4-3-5-11-6-7-12-13(8-11)16-9-15-12/h3,5-8,10,14H,4,9H2,1-2H3/b5-3+. The fourth-order valence-corrected chi connectivity index (χ4v) is 1.54. The van der Waals surface area contributed by atoms with Crippen molar-refractivity contribution < 1.29 is 9.47 Å². The van der Waals surface area contributed by atoms with Crippen LogP contribution in [-0.4, -0.2) is 19.9 Å². The molecule has 1 N–H and O–H groups in total. The Bertz CT molecular complexity index is 388. The van der Waals surface area contributed by atoms with Crippen LogP contribution in [0, 0.1) is 0 Å². The van der Waals surface area contributed by atoms with Gasteiger partial charge in [0.05, 0.1) is 0 Å². The van der Waals surface area contributed by atoms with E-state index in [0.29, 0.717) is 12.8 Å². The first-order valence-electron chi connectivity index (χ1n) is 5.53. The molecule has 1 heterocycles. The molecule has 1 unspecified atom stereocenters. The minimum absolute atomic E-state index is 0.333. The molecule has 16 heavy (non-hydrogen) atoms. The first-order chi connectivity index (χ1) is 7.79. The van der Waals surface area contributed by atoms with Crippen LogP contribution < -0.4 is 14.8 Å². The van der Waals surface area contributed by atoms with Crippen LogP contribution in [-0.2, 0) is 0 Å². The highest BCUT2D eigenvalue weighted by atomic mass is 16.7. The highest BCUT2D eigenvalue weighted by Gasteiger charge is 2.11. The van der Waals surface area contributed by atoms with Crippen LogP contribution in [0.2, 0.25) is 0 Å². The molecule has 0 aliphatic carbocycles. The van der Waals surface area contributed by atoms with E-state index in [-0.39, 0.29) is 0 Å². The number of ether oxygens (including phenoxy) is 2. The Kier molecular flexibility index (Phi) is 3.47. The number of benzene rings is 1. The van der Waals surface area contributed by atoms with Crippen molar-refractivity contribution >= 4 is 6.08 Å². The first-order valence-corrected chi connectivity index (χ1v) is 5.53. The lowest BCUT2D eigenvalue weighted by atomic mass is 10.1. The molecule has 1 aliphatic rings. The fourth-order valence-electron chi connectivity index (χ4n) is 1.54. The number of nitrogens with one attached hydrogen (secondary N) is 1. The Morgan fingerprint density at radius 1 is 1.38 bits per heavy atom. The third-order valence-electron chi connectivity index (χ3n) is 2.69. The van der Waals surface area contributed by atoms with E-state index < -0.39 is 0 Å². The molecule has 0 spiro atoms. The van der Waals surface area contributed by atoms with Gasteiger partial charge in [-0.3, -0.25) is 0 Å². The molecule has 0 saturated heterocycles. The second kappa shape index (κ2) is 5.03. The van der Waals surface area contributed by atoms with Crippen molar-refractivity contribution in [1.29, 1.82) is 0 Å². The van der Waals surface area contributed by atoms with Crippen LogP contribution in [0.1, 0.15) is 18.9 Å². The van der Waals surface area contributed by atoms with Crippen LogP contribution in [0.4, 0.5) is 0 Å². The van der Waals surface area contributed by atoms with Gasteiger partial charge < -0.3 is 14.8 Å². The van der Waals surface area contributed by atoms with Gasteiger partial charge in [-0.05, 0) is 38.1 Å². The van der Waals surface area contributed by atoms with Gasteiger partial charge >= 0.3 is 0 Å². The van der Waals surface area contributed by atoms with Crippen LogP contribution in [0.15, 0.2) is 24.3 Å². The molecule has 3 nitrogen and oxygen atoms in total. The predicted molar refractivity (Wildman–Crippen MR) is 64.7 cm³/mol. The molecular formula is C13H17NO2. The van der Waals surface area contributed by atoms with Crippen molar-refractivity contribution in [2.24, 2.45) is 0 Å². The molecule has 0 radical (unpaired) electrons. The summed E-state index contributed by atoms with van der Waals surface area (Å²) in [6, 6.07) is 6.49. The Labute approximate surface area is 96.1 Å². The van der Waals surface area contributed by atoms with Gasteiger partial charge in [0.2, 0.25) is 6.79 Å². The number of hydrogen-bond acceptors (Lipinski definition) is 3. The van der Waals surface area contributed by atoms with Crippen LogP contribution >= 0.6 is 0 Å². The zero-order valence-electron chi connectivity index (χ0n) is 9.69. The summed E-state index contributed by atoms with van der Waals surface area (Å²) in [6.45, 7) is 2.49. The predicted octanol–water partition coefficient (Wildman–Crippen LogP) is 2.43. The third-order valence-corrected chi connectivity index (χ3v) is 2.69. The molecule has 3 heteroatoms. The van der Waals surface area contributed by atoms with Crippen LogP contribution in [0.5, 0.6) is 11.5 Å². The highest BCUT2D eigenvalue weighted by Crippen LogP contribution is 2.32. The summed E-state index contributed by atoms with van der Waals surface area (Å²) in [5.41, 5.74) is 1.15. The van der Waals surface area contributed by atoms with Crippen LogP contribution in [0.25, 0.3) is 6.08 Å². The lowest BCUT2D eigenvalue weighted by molar-refractivity contribution is 0.174. The zero-order chi connectivity index (χ0) is 11.4. The highest BCUT2D eigenvalue weighted by molar-refractivity contribution is 5.56. The van der Waals surface area contributed by atoms with Crippen molar-refractivity contribution in [2.45, 2.75) is 19.4 Å². The molecule has 1 aliphatic heterocycles. The van der Waals surface area contributed by atoms with E-state index in [9.17, 15) is 0 Å². The number of hydrogen-bond donors (Lipinski definition) is 1. The minimum Gasteiger partial charge on any atom is -0.454 e. The van der Waals surface area contributed by atoms with E-state index >= 15 is 0 Å². The van der Waals surface area contributed by atoms with E-state index in [1.807, 2.05) is 25.2 Å². The average molecular weight is 219 g/mol. The topological polar surface area (TPSA) is 30.5 Å². The second-order valence-electron chi connectivity index (χ2n) is 3.94. The summed E-state index contributed by atoms with van der Waals surface area (Å²) in [6.07, 6.45) is 5.29. The van der Waals surface area contributed by atoms with E-state index in [2.05, 4.69) is 24.4 Å². The molecule has 0 bridgehead atoms. The van der Waals surface area contributed by atoms with Crippen molar-refractivity contribution in [1.82, 2.24) is 5.32 Å². The average Bonchev–Trinajstić information content (AvgIpc) is 2.76. The Hall–Kier alpha value is -1.48. The first kappa shape index (κ1) is 11.0. The maximum Gasteiger partial charge on any atom is 0.231 e. The van der Waals surface area contributed by atoms with E-state index in [1.165, 1.54) is 0 Å². The lowest BCUT2D eigenvalue weighted by Crippen LogP contribution is -2.19. The maximum absolute atomic E-state index is 5.32. The molecule has 1 aromatic rings. The van der Waals surface area contributed by atoms with E-state index in [4.69, 9.17) is 9.47 Å². The largest absolute Gasteiger partial charge is 0.454 e. The Morgan fingerprint density at radius 3 is 3.00 bits per heavy atom. The third kappa shape index (κ3) is 2.55. The van der Waals surface area contributed by atoms with Gasteiger partial charge in [0, 0.05) is 6.04 Å². The smallest absolute Gasteiger partial charge is 0.231 e. The van der Waals surface area contributed by atoms with Gasteiger partial charge in [-0.1, -0.05) is 18.2 Å². The molecule has 1 aromatic carbocycles. The quantitative estimate of drug-likeness (QED) is 0.843. The van der Waals surface area contributed by atoms with Crippen LogP contribution in [0.3, 0.4) is 0 Å². The van der Waals surface area contributed by atoms with E-state index in [1.54, 1.807) is 0 Å². The molecule has 0 saturated carbocycles. The molecule has 0 aromatic heterocycles. The Balaban J connectivity index is 2.00. The maximum atomic E-state index is 5.32. The summed E-state index contributed by atoms with van der Waals surface area (Å²) in [5, 5.41) is 3.20. The van der Waals surface area contributed by atoms with Gasteiger partial charge in [-0.2, -0.15) is 0 Å². The summed E-state index contributed by atoms with van der Waals surface area (Å²) >= 11 is 0. The van der Waals surface area contributed by atoms with Gasteiger partial charge in [-0.25, -0.2) is 0 Å². The Morgan fingerprint density at radius 2 is 2.19 bits per heavy atom. The van der Waals surface area contributed by atoms with Crippen molar-refractivity contribution in [3.63, 3.8) is 0 Å². The van der Waals surface area contributed by atoms with Crippen molar-refractivity contribution in [3.05, 3.63) is 29.8 Å². The molecule has 86 valence electrons.